The van der Waals surface area contributed by atoms with Gasteiger partial charge in [-0.05, 0) is 12.8 Å². The monoisotopic (exact) mass is 187 g/mol. The first-order valence-corrected chi connectivity index (χ1v) is 4.37. The molecule has 0 rings (SSSR count). The van der Waals surface area contributed by atoms with Gasteiger partial charge in [-0.3, -0.25) is 10.2 Å². The Labute approximate surface area is 77.8 Å². The van der Waals surface area contributed by atoms with Crippen LogP contribution < -0.4 is 11.1 Å². The van der Waals surface area contributed by atoms with Gasteiger partial charge in [-0.1, -0.05) is 6.92 Å². The molecule has 0 aliphatic heterocycles. The van der Waals surface area contributed by atoms with Gasteiger partial charge in [0.25, 0.3) is 0 Å². The Morgan fingerprint density at radius 3 is 2.77 bits per heavy atom. The Balaban J connectivity index is 3.35. The molecule has 1 atom stereocenters. The molecule has 0 spiro atoms. The van der Waals surface area contributed by atoms with Gasteiger partial charge >= 0.3 is 5.97 Å². The van der Waals surface area contributed by atoms with Crippen molar-refractivity contribution in [3.63, 3.8) is 0 Å². The number of hydrogen-bond acceptors (Lipinski definition) is 3. The summed E-state index contributed by atoms with van der Waals surface area (Å²) in [6, 6.07) is -0.780. The third-order valence-electron chi connectivity index (χ3n) is 1.70. The van der Waals surface area contributed by atoms with Crippen molar-refractivity contribution in [2.24, 2.45) is 5.73 Å². The zero-order chi connectivity index (χ0) is 10.3. The number of carboxylic acid groups (broad SMARTS) is 1. The van der Waals surface area contributed by atoms with Crippen molar-refractivity contribution < 1.29 is 9.90 Å². The second kappa shape index (κ2) is 6.42. The van der Waals surface area contributed by atoms with E-state index in [2.05, 4.69) is 5.32 Å². The molecule has 0 fully saturated rings. The number of carbonyl (C=O) groups is 1. The number of rotatable bonds is 6. The molecule has 5 N–H and O–H groups in total. The highest BCUT2D eigenvalue weighted by Crippen LogP contribution is 1.93. The maximum Gasteiger partial charge on any atom is 0.320 e. The molecule has 5 heteroatoms. The predicted molar refractivity (Wildman–Crippen MR) is 50.9 cm³/mol. The van der Waals surface area contributed by atoms with Crippen molar-refractivity contribution in [3.05, 3.63) is 0 Å². The average Bonchev–Trinajstić information content (AvgIpc) is 2.11. The van der Waals surface area contributed by atoms with Gasteiger partial charge in [0, 0.05) is 13.0 Å². The topological polar surface area (TPSA) is 99.2 Å². The number of carboxylic acids is 1. The molecule has 0 aliphatic rings. The number of nitrogens with one attached hydrogen (secondary N) is 2. The maximum atomic E-state index is 10.3. The summed E-state index contributed by atoms with van der Waals surface area (Å²) in [5.74, 6) is -0.491. The maximum absolute atomic E-state index is 10.3. The van der Waals surface area contributed by atoms with Crippen LogP contribution in [0.15, 0.2) is 0 Å². The molecular weight excluding hydrogens is 170 g/mol. The molecule has 0 aliphatic carbocycles. The molecule has 0 aromatic rings. The molecule has 0 heterocycles. The summed E-state index contributed by atoms with van der Waals surface area (Å²) in [4.78, 5) is 10.3. The molecule has 0 aromatic heterocycles. The van der Waals surface area contributed by atoms with E-state index in [0.29, 0.717) is 31.6 Å². The lowest BCUT2D eigenvalue weighted by atomic mass is 10.2. The molecule has 1 unspecified atom stereocenters. The zero-order valence-electron chi connectivity index (χ0n) is 7.84. The highest BCUT2D eigenvalue weighted by molar-refractivity contribution is 5.78. The largest absolute Gasteiger partial charge is 0.480 e. The van der Waals surface area contributed by atoms with Crippen molar-refractivity contribution in [2.75, 3.05) is 6.54 Å². The van der Waals surface area contributed by atoms with Gasteiger partial charge in [-0.25, -0.2) is 0 Å². The standard InChI is InChI=1S/C8H17N3O2/c1-2-7(10)11-5-3-4-6(9)8(12)13/h6H,2-5,9H2,1H3,(H2,10,11)(H,12,13). The van der Waals surface area contributed by atoms with Gasteiger partial charge < -0.3 is 16.2 Å². The van der Waals surface area contributed by atoms with E-state index >= 15 is 0 Å². The lowest BCUT2D eigenvalue weighted by Crippen LogP contribution is -2.31. The third-order valence-corrected chi connectivity index (χ3v) is 1.70. The van der Waals surface area contributed by atoms with Crippen molar-refractivity contribution in [1.29, 1.82) is 5.41 Å². The van der Waals surface area contributed by atoms with E-state index in [1.165, 1.54) is 0 Å². The van der Waals surface area contributed by atoms with Gasteiger partial charge in [-0.15, -0.1) is 0 Å². The first-order chi connectivity index (χ1) is 6.07. The summed E-state index contributed by atoms with van der Waals surface area (Å²) in [5.41, 5.74) is 5.28. The van der Waals surface area contributed by atoms with Crippen LogP contribution in [-0.2, 0) is 4.79 Å². The van der Waals surface area contributed by atoms with Crippen LogP contribution in [0.2, 0.25) is 0 Å². The number of nitrogens with two attached hydrogens (primary N) is 1. The van der Waals surface area contributed by atoms with Crippen molar-refractivity contribution in [1.82, 2.24) is 5.32 Å². The van der Waals surface area contributed by atoms with E-state index in [4.69, 9.17) is 16.2 Å². The first kappa shape index (κ1) is 11.9. The van der Waals surface area contributed by atoms with E-state index in [0.717, 1.165) is 0 Å². The van der Waals surface area contributed by atoms with Crippen LogP contribution in [0.5, 0.6) is 0 Å². The minimum atomic E-state index is -0.967. The Bertz CT molecular complexity index is 182. The molecule has 0 saturated carbocycles. The fourth-order valence-corrected chi connectivity index (χ4v) is 0.810. The lowest BCUT2D eigenvalue weighted by Gasteiger charge is -2.07. The van der Waals surface area contributed by atoms with E-state index in [-0.39, 0.29) is 0 Å². The van der Waals surface area contributed by atoms with Crippen LogP contribution in [0.3, 0.4) is 0 Å². The fraction of sp³-hybridized carbons (Fsp3) is 0.750. The number of hydrogen-bond donors (Lipinski definition) is 4. The van der Waals surface area contributed by atoms with E-state index in [9.17, 15) is 4.79 Å². The minimum Gasteiger partial charge on any atom is -0.480 e. The SMILES string of the molecule is CCC(=N)NCCCC(N)C(=O)O. The number of aliphatic carboxylic acids is 1. The van der Waals surface area contributed by atoms with E-state index in [1.807, 2.05) is 6.92 Å². The Kier molecular flexibility index (Phi) is 5.88. The van der Waals surface area contributed by atoms with Gasteiger partial charge in [0.15, 0.2) is 0 Å². The van der Waals surface area contributed by atoms with E-state index in [1.54, 1.807) is 0 Å². The third kappa shape index (κ3) is 6.10. The smallest absolute Gasteiger partial charge is 0.320 e. The molecule has 13 heavy (non-hydrogen) atoms. The van der Waals surface area contributed by atoms with Crippen molar-refractivity contribution in [3.8, 4) is 0 Å². The van der Waals surface area contributed by atoms with Gasteiger partial charge in [-0.2, -0.15) is 0 Å². The summed E-state index contributed by atoms with van der Waals surface area (Å²) >= 11 is 0. The van der Waals surface area contributed by atoms with Crippen LogP contribution in [0.25, 0.3) is 0 Å². The van der Waals surface area contributed by atoms with Crippen LogP contribution in [0.4, 0.5) is 0 Å². The Morgan fingerprint density at radius 2 is 2.31 bits per heavy atom. The zero-order valence-corrected chi connectivity index (χ0v) is 7.84. The first-order valence-electron chi connectivity index (χ1n) is 4.37. The molecule has 0 saturated heterocycles. The second-order valence-electron chi connectivity index (χ2n) is 2.85. The average molecular weight is 187 g/mol. The Morgan fingerprint density at radius 1 is 1.69 bits per heavy atom. The van der Waals surface area contributed by atoms with Crippen molar-refractivity contribution >= 4 is 11.8 Å². The molecule has 0 bridgehead atoms. The molecule has 5 nitrogen and oxygen atoms in total. The number of amidine groups is 1. The minimum absolute atomic E-state index is 0.444. The fourth-order valence-electron chi connectivity index (χ4n) is 0.810. The summed E-state index contributed by atoms with van der Waals surface area (Å²) in [7, 11) is 0. The van der Waals surface area contributed by atoms with Gasteiger partial charge in [0.05, 0.1) is 5.84 Å². The molecule has 76 valence electrons. The van der Waals surface area contributed by atoms with Crippen LogP contribution in [0, 0.1) is 5.41 Å². The molecule has 0 amide bonds. The normalized spacial score (nSPS) is 12.2. The molecule has 0 radical (unpaired) electrons. The van der Waals surface area contributed by atoms with Crippen LogP contribution in [-0.4, -0.2) is 29.5 Å². The van der Waals surface area contributed by atoms with Crippen LogP contribution >= 0.6 is 0 Å². The molecule has 0 aromatic carbocycles. The second-order valence-corrected chi connectivity index (χ2v) is 2.85. The summed E-state index contributed by atoms with van der Waals surface area (Å²) in [6.45, 7) is 2.51. The van der Waals surface area contributed by atoms with Gasteiger partial charge in [0.1, 0.15) is 6.04 Å². The lowest BCUT2D eigenvalue weighted by molar-refractivity contribution is -0.138. The highest BCUT2D eigenvalue weighted by atomic mass is 16.4. The van der Waals surface area contributed by atoms with E-state index < -0.39 is 12.0 Å². The summed E-state index contributed by atoms with van der Waals surface area (Å²) < 4.78 is 0. The quantitative estimate of drug-likeness (QED) is 0.270. The highest BCUT2D eigenvalue weighted by Gasteiger charge is 2.09. The van der Waals surface area contributed by atoms with Crippen LogP contribution in [0.1, 0.15) is 26.2 Å². The molecular formula is C8H17N3O2. The van der Waals surface area contributed by atoms with Crippen molar-refractivity contribution in [2.45, 2.75) is 32.2 Å². The summed E-state index contributed by atoms with van der Waals surface area (Å²) in [5, 5.41) is 18.6. The van der Waals surface area contributed by atoms with Gasteiger partial charge in [0.2, 0.25) is 0 Å². The predicted octanol–water partition coefficient (Wildman–Crippen LogP) is 0.155. The Hall–Kier alpha value is -1.10. The summed E-state index contributed by atoms with van der Waals surface area (Å²) in [6.07, 6.45) is 1.79.